The van der Waals surface area contributed by atoms with E-state index in [1.807, 2.05) is 24.3 Å². The Morgan fingerprint density at radius 3 is 2.83 bits per heavy atom. The Kier molecular flexibility index (Phi) is 4.54. The second-order valence-electron chi connectivity index (χ2n) is 6.44. The van der Waals surface area contributed by atoms with Gasteiger partial charge in [0.2, 0.25) is 0 Å². The van der Waals surface area contributed by atoms with Gasteiger partial charge in [-0.25, -0.2) is 0 Å². The molecule has 0 radical (unpaired) electrons. The molecule has 0 spiro atoms. The summed E-state index contributed by atoms with van der Waals surface area (Å²) in [6.07, 6.45) is 2.76. The van der Waals surface area contributed by atoms with Crippen molar-refractivity contribution in [3.8, 4) is 5.75 Å². The van der Waals surface area contributed by atoms with E-state index >= 15 is 0 Å². The van der Waals surface area contributed by atoms with Crippen LogP contribution in [0.1, 0.15) is 29.3 Å². The van der Waals surface area contributed by atoms with Gasteiger partial charge in [-0.3, -0.25) is 9.69 Å². The number of amides is 1. The largest absolute Gasteiger partial charge is 0.480 e. The Hall–Kier alpha value is -1.85. The minimum Gasteiger partial charge on any atom is -0.480 e. The van der Waals surface area contributed by atoms with Crippen molar-refractivity contribution < 1.29 is 9.53 Å². The maximum absolute atomic E-state index is 12.6. The molecule has 2 aliphatic rings. The van der Waals surface area contributed by atoms with Gasteiger partial charge in [0.1, 0.15) is 5.75 Å². The van der Waals surface area contributed by atoms with Crippen LogP contribution in [0.5, 0.6) is 5.75 Å². The van der Waals surface area contributed by atoms with E-state index in [0.717, 1.165) is 24.4 Å². The number of thiophene rings is 1. The van der Waals surface area contributed by atoms with Crippen molar-refractivity contribution in [2.24, 2.45) is 0 Å². The van der Waals surface area contributed by atoms with Gasteiger partial charge < -0.3 is 10.1 Å². The molecule has 1 N–H and O–H groups in total. The Labute approximate surface area is 146 Å². The molecule has 5 heteroatoms. The van der Waals surface area contributed by atoms with Gasteiger partial charge in [-0.05, 0) is 49.0 Å². The first kappa shape index (κ1) is 15.7. The molecule has 0 saturated carbocycles. The number of fused-ring (bicyclic) bond motifs is 1. The standard InChI is InChI=1S/C19H22N2O2S/c22-19(17-12-14-6-1-2-7-16(14)23-17)20-13-15(18-8-5-11-24-18)21-9-3-4-10-21/h1-2,5-8,11,15,17H,3-4,9-10,12-13H2,(H,20,22)/t15-,17+/m0/s1. The lowest BCUT2D eigenvalue weighted by Crippen LogP contribution is -2.42. The molecule has 2 aliphatic heterocycles. The topological polar surface area (TPSA) is 41.6 Å². The highest BCUT2D eigenvalue weighted by atomic mass is 32.1. The van der Waals surface area contributed by atoms with E-state index in [-0.39, 0.29) is 11.9 Å². The van der Waals surface area contributed by atoms with Crippen LogP contribution < -0.4 is 10.1 Å². The van der Waals surface area contributed by atoms with E-state index < -0.39 is 6.10 Å². The number of hydrogen-bond donors (Lipinski definition) is 1. The van der Waals surface area contributed by atoms with Crippen molar-refractivity contribution >= 4 is 17.2 Å². The summed E-state index contributed by atoms with van der Waals surface area (Å²) >= 11 is 1.77. The van der Waals surface area contributed by atoms with Gasteiger partial charge in [0.25, 0.3) is 5.91 Å². The molecule has 0 bridgehead atoms. The lowest BCUT2D eigenvalue weighted by molar-refractivity contribution is -0.127. The van der Waals surface area contributed by atoms with Gasteiger partial charge in [-0.1, -0.05) is 24.3 Å². The summed E-state index contributed by atoms with van der Waals surface area (Å²) < 4.78 is 5.79. The highest BCUT2D eigenvalue weighted by Crippen LogP contribution is 2.30. The summed E-state index contributed by atoms with van der Waals surface area (Å²) in [5, 5.41) is 5.23. The summed E-state index contributed by atoms with van der Waals surface area (Å²) in [6.45, 7) is 2.88. The number of nitrogens with zero attached hydrogens (tertiary/aromatic N) is 1. The van der Waals surface area contributed by atoms with Crippen molar-refractivity contribution in [3.63, 3.8) is 0 Å². The first-order valence-electron chi connectivity index (χ1n) is 8.61. The highest BCUT2D eigenvalue weighted by molar-refractivity contribution is 7.10. The third kappa shape index (κ3) is 3.19. The molecular formula is C19H22N2O2S. The summed E-state index contributed by atoms with van der Waals surface area (Å²) in [5.41, 5.74) is 1.12. The maximum Gasteiger partial charge on any atom is 0.261 e. The molecule has 3 heterocycles. The van der Waals surface area contributed by atoms with Gasteiger partial charge in [-0.15, -0.1) is 11.3 Å². The summed E-state index contributed by atoms with van der Waals surface area (Å²) in [5.74, 6) is 0.832. The Bertz CT molecular complexity index is 670. The molecule has 4 nitrogen and oxygen atoms in total. The quantitative estimate of drug-likeness (QED) is 0.908. The highest BCUT2D eigenvalue weighted by Gasteiger charge is 2.30. The number of benzene rings is 1. The molecule has 1 aromatic heterocycles. The van der Waals surface area contributed by atoms with E-state index in [4.69, 9.17) is 4.74 Å². The van der Waals surface area contributed by atoms with Gasteiger partial charge in [0.15, 0.2) is 6.10 Å². The van der Waals surface area contributed by atoms with E-state index in [2.05, 4.69) is 27.7 Å². The number of nitrogens with one attached hydrogen (secondary N) is 1. The number of carbonyl (C=O) groups is 1. The predicted molar refractivity (Wildman–Crippen MR) is 95.4 cm³/mol. The number of ether oxygens (including phenoxy) is 1. The normalized spacial score (nSPS) is 21.2. The van der Waals surface area contributed by atoms with Crippen LogP contribution in [-0.2, 0) is 11.2 Å². The molecule has 126 valence electrons. The Morgan fingerprint density at radius 1 is 1.25 bits per heavy atom. The summed E-state index contributed by atoms with van der Waals surface area (Å²) in [4.78, 5) is 16.4. The minimum atomic E-state index is -0.398. The third-order valence-electron chi connectivity index (χ3n) is 4.86. The number of rotatable bonds is 5. The van der Waals surface area contributed by atoms with Crippen LogP contribution in [0.4, 0.5) is 0 Å². The van der Waals surface area contributed by atoms with Crippen molar-refractivity contribution in [1.29, 1.82) is 0 Å². The zero-order valence-corrected chi connectivity index (χ0v) is 14.4. The van der Waals surface area contributed by atoms with E-state index in [9.17, 15) is 4.79 Å². The van der Waals surface area contributed by atoms with Crippen molar-refractivity contribution in [3.05, 3.63) is 52.2 Å². The SMILES string of the molecule is O=C(NC[C@@H](c1cccs1)N1CCCC1)[C@H]1Cc2ccccc2O1. The van der Waals surface area contributed by atoms with Gasteiger partial charge in [0.05, 0.1) is 6.04 Å². The average Bonchev–Trinajstić information content (AvgIpc) is 3.35. The number of para-hydroxylation sites is 1. The molecule has 4 rings (SSSR count). The molecule has 2 aromatic rings. The van der Waals surface area contributed by atoms with E-state index in [1.54, 1.807) is 11.3 Å². The molecular weight excluding hydrogens is 320 g/mol. The maximum atomic E-state index is 12.6. The first-order valence-corrected chi connectivity index (χ1v) is 9.49. The fourth-order valence-corrected chi connectivity index (χ4v) is 4.44. The second-order valence-corrected chi connectivity index (χ2v) is 7.42. The monoisotopic (exact) mass is 342 g/mol. The van der Waals surface area contributed by atoms with Crippen LogP contribution >= 0.6 is 11.3 Å². The van der Waals surface area contributed by atoms with Crippen LogP contribution in [-0.4, -0.2) is 36.5 Å². The molecule has 24 heavy (non-hydrogen) atoms. The number of likely N-dealkylation sites (tertiary alicyclic amines) is 1. The predicted octanol–water partition coefficient (Wildman–Crippen LogP) is 3.00. The van der Waals surface area contributed by atoms with Gasteiger partial charge in [0, 0.05) is 17.8 Å². The molecule has 1 fully saturated rings. The smallest absolute Gasteiger partial charge is 0.261 e. The molecule has 1 saturated heterocycles. The lowest BCUT2D eigenvalue weighted by atomic mass is 10.1. The zero-order valence-electron chi connectivity index (χ0n) is 13.6. The molecule has 2 atom stereocenters. The van der Waals surface area contributed by atoms with Crippen LogP contribution in [0.15, 0.2) is 41.8 Å². The van der Waals surface area contributed by atoms with Crippen LogP contribution in [0.3, 0.4) is 0 Å². The van der Waals surface area contributed by atoms with Crippen LogP contribution in [0, 0.1) is 0 Å². The summed E-state index contributed by atoms with van der Waals surface area (Å²) in [6, 6.07) is 12.4. The van der Waals surface area contributed by atoms with Crippen LogP contribution in [0.2, 0.25) is 0 Å². The average molecular weight is 342 g/mol. The Morgan fingerprint density at radius 2 is 2.08 bits per heavy atom. The fraction of sp³-hybridized carbons (Fsp3) is 0.421. The minimum absolute atomic E-state index is 0.00745. The zero-order chi connectivity index (χ0) is 16.4. The number of hydrogen-bond acceptors (Lipinski definition) is 4. The molecule has 0 unspecified atom stereocenters. The molecule has 1 aromatic carbocycles. The van der Waals surface area contributed by atoms with Crippen molar-refractivity contribution in [2.45, 2.75) is 31.4 Å². The van der Waals surface area contributed by atoms with Crippen LogP contribution in [0.25, 0.3) is 0 Å². The summed E-state index contributed by atoms with van der Waals surface area (Å²) in [7, 11) is 0. The molecule has 0 aliphatic carbocycles. The molecule has 1 amide bonds. The van der Waals surface area contributed by atoms with Crippen molar-refractivity contribution in [2.75, 3.05) is 19.6 Å². The van der Waals surface area contributed by atoms with Crippen molar-refractivity contribution in [1.82, 2.24) is 10.2 Å². The third-order valence-corrected chi connectivity index (χ3v) is 5.84. The first-order chi connectivity index (χ1) is 11.8. The van der Waals surface area contributed by atoms with E-state index in [0.29, 0.717) is 13.0 Å². The van der Waals surface area contributed by atoms with E-state index in [1.165, 1.54) is 17.7 Å². The van der Waals surface area contributed by atoms with Gasteiger partial charge >= 0.3 is 0 Å². The second kappa shape index (κ2) is 6.95. The van der Waals surface area contributed by atoms with Gasteiger partial charge in [-0.2, -0.15) is 0 Å². The Balaban J connectivity index is 1.39. The number of carbonyl (C=O) groups excluding carboxylic acids is 1. The fourth-order valence-electron chi connectivity index (χ4n) is 3.58. The lowest BCUT2D eigenvalue weighted by Gasteiger charge is -2.27.